The number of thiazole rings is 1. The fourth-order valence-electron chi connectivity index (χ4n) is 0.565. The first kappa shape index (κ1) is 9.42. The summed E-state index contributed by atoms with van der Waals surface area (Å²) in [4.78, 5) is 24.6. The number of methoxy groups -OCH3 is 1. The van der Waals surface area contributed by atoms with Gasteiger partial charge in [0.1, 0.15) is 5.69 Å². The van der Waals surface area contributed by atoms with Crippen molar-refractivity contribution in [3.8, 4) is 11.8 Å². The molecule has 0 saturated carbocycles. The van der Waals surface area contributed by atoms with Crippen molar-refractivity contribution in [2.75, 3.05) is 7.11 Å². The van der Waals surface area contributed by atoms with E-state index < -0.39 is 5.97 Å². The van der Waals surface area contributed by atoms with Crippen molar-refractivity contribution in [1.29, 1.82) is 0 Å². The van der Waals surface area contributed by atoms with Gasteiger partial charge >= 0.3 is 5.97 Å². The molecule has 0 saturated heterocycles. The zero-order valence-corrected chi connectivity index (χ0v) is 7.55. The zero-order valence-electron chi connectivity index (χ0n) is 6.73. The van der Waals surface area contributed by atoms with Gasteiger partial charge < -0.3 is 4.74 Å². The Bertz CT molecular complexity index is 386. The summed E-state index contributed by atoms with van der Waals surface area (Å²) in [6, 6.07) is 0. The summed E-state index contributed by atoms with van der Waals surface area (Å²) >= 11 is 1.18. The van der Waals surface area contributed by atoms with Crippen LogP contribution < -0.4 is 0 Å². The summed E-state index contributed by atoms with van der Waals surface area (Å²) in [6.45, 7) is 0. The Labute approximate surface area is 78.6 Å². The predicted molar refractivity (Wildman–Crippen MR) is 46.4 cm³/mol. The van der Waals surface area contributed by atoms with Gasteiger partial charge in [0, 0.05) is 11.3 Å². The molecule has 0 amide bonds. The molecular weight excluding hydrogens is 190 g/mol. The number of hydrogen-bond acceptors (Lipinski definition) is 5. The molecule has 0 aliphatic heterocycles. The van der Waals surface area contributed by atoms with E-state index in [-0.39, 0.29) is 0 Å². The van der Waals surface area contributed by atoms with Crippen LogP contribution in [0.3, 0.4) is 0 Å². The van der Waals surface area contributed by atoms with Gasteiger partial charge in [-0.1, -0.05) is 0 Å². The highest BCUT2D eigenvalue weighted by Gasteiger charge is 1.97. The minimum atomic E-state index is -0.624. The van der Waals surface area contributed by atoms with Gasteiger partial charge in [0.2, 0.25) is 0 Å². The van der Waals surface area contributed by atoms with Crippen molar-refractivity contribution in [3.63, 3.8) is 0 Å². The molecule has 1 aromatic rings. The first-order chi connectivity index (χ1) is 6.26. The fourth-order valence-corrected chi connectivity index (χ4v) is 1.12. The SMILES string of the molecule is COC(=O)C#Cc1csc(C=O)n1. The van der Waals surface area contributed by atoms with E-state index in [1.54, 1.807) is 5.38 Å². The highest BCUT2D eigenvalue weighted by Crippen LogP contribution is 2.05. The summed E-state index contributed by atoms with van der Waals surface area (Å²) in [5.74, 6) is 4.04. The Kier molecular flexibility index (Phi) is 3.17. The van der Waals surface area contributed by atoms with Crippen LogP contribution in [0.5, 0.6) is 0 Å². The topological polar surface area (TPSA) is 56.3 Å². The lowest BCUT2D eigenvalue weighted by molar-refractivity contribution is -0.133. The molecule has 1 heterocycles. The minimum absolute atomic E-state index is 0.342. The third-order valence-electron chi connectivity index (χ3n) is 1.10. The molecule has 66 valence electrons. The van der Waals surface area contributed by atoms with E-state index in [0.717, 1.165) is 0 Å². The Hall–Kier alpha value is -1.67. The number of rotatable bonds is 1. The Morgan fingerprint density at radius 1 is 1.77 bits per heavy atom. The molecule has 0 aliphatic carbocycles. The van der Waals surface area contributed by atoms with E-state index in [0.29, 0.717) is 17.0 Å². The van der Waals surface area contributed by atoms with Gasteiger partial charge in [-0.25, -0.2) is 9.78 Å². The maximum Gasteiger partial charge on any atom is 0.384 e. The number of esters is 1. The lowest BCUT2D eigenvalue weighted by atomic mass is 10.5. The molecule has 13 heavy (non-hydrogen) atoms. The molecular formula is C8H5NO3S. The van der Waals surface area contributed by atoms with Crippen LogP contribution in [0.4, 0.5) is 0 Å². The predicted octanol–water partition coefficient (Wildman–Crippen LogP) is 0.480. The molecule has 1 aromatic heterocycles. The lowest BCUT2D eigenvalue weighted by Gasteiger charge is -1.82. The number of aldehydes is 1. The number of nitrogens with zero attached hydrogens (tertiary/aromatic N) is 1. The number of carbonyl (C=O) groups excluding carboxylic acids is 2. The normalized spacial score (nSPS) is 8.38. The monoisotopic (exact) mass is 195 g/mol. The van der Waals surface area contributed by atoms with E-state index in [9.17, 15) is 9.59 Å². The van der Waals surface area contributed by atoms with Gasteiger partial charge in [0.15, 0.2) is 11.3 Å². The molecule has 0 aromatic carbocycles. The third kappa shape index (κ3) is 2.69. The fraction of sp³-hybridized carbons (Fsp3) is 0.125. The smallest absolute Gasteiger partial charge is 0.384 e. The summed E-state index contributed by atoms with van der Waals surface area (Å²) in [5.41, 5.74) is 0.400. The molecule has 0 radical (unpaired) electrons. The van der Waals surface area contributed by atoms with Crippen molar-refractivity contribution in [2.24, 2.45) is 0 Å². The molecule has 1 rings (SSSR count). The maximum absolute atomic E-state index is 10.6. The van der Waals surface area contributed by atoms with Crippen LogP contribution in [0.25, 0.3) is 0 Å². The van der Waals surface area contributed by atoms with Gasteiger partial charge in [0.25, 0.3) is 0 Å². The van der Waals surface area contributed by atoms with Crippen LogP contribution in [-0.4, -0.2) is 24.3 Å². The van der Waals surface area contributed by atoms with Crippen LogP contribution >= 0.6 is 11.3 Å². The first-order valence-electron chi connectivity index (χ1n) is 3.27. The van der Waals surface area contributed by atoms with Crippen molar-refractivity contribution in [1.82, 2.24) is 4.98 Å². The van der Waals surface area contributed by atoms with E-state index in [4.69, 9.17) is 0 Å². The second kappa shape index (κ2) is 4.38. The van der Waals surface area contributed by atoms with E-state index >= 15 is 0 Å². The maximum atomic E-state index is 10.6. The van der Waals surface area contributed by atoms with Crippen molar-refractivity contribution < 1.29 is 14.3 Å². The molecule has 0 bridgehead atoms. The van der Waals surface area contributed by atoms with Crippen LogP contribution in [0.1, 0.15) is 15.5 Å². The van der Waals surface area contributed by atoms with E-state index in [2.05, 4.69) is 21.6 Å². The standard InChI is InChI=1S/C8H5NO3S/c1-12-8(11)3-2-6-5-13-7(4-10)9-6/h4-5H,1H3. The molecule has 0 N–H and O–H groups in total. The molecule has 0 fully saturated rings. The van der Waals surface area contributed by atoms with Crippen LogP contribution in [0.2, 0.25) is 0 Å². The molecule has 0 atom stereocenters. The van der Waals surface area contributed by atoms with Gasteiger partial charge in [-0.15, -0.1) is 11.3 Å². The number of hydrogen-bond donors (Lipinski definition) is 0. The summed E-state index contributed by atoms with van der Waals surface area (Å²) in [5, 5.41) is 1.94. The highest BCUT2D eigenvalue weighted by molar-refractivity contribution is 7.11. The molecule has 0 aliphatic rings. The van der Waals surface area contributed by atoms with E-state index in [1.165, 1.54) is 18.4 Å². The highest BCUT2D eigenvalue weighted by atomic mass is 32.1. The number of ether oxygens (including phenoxy) is 1. The summed E-state index contributed by atoms with van der Waals surface area (Å²) in [7, 11) is 1.24. The van der Waals surface area contributed by atoms with Crippen molar-refractivity contribution in [3.05, 3.63) is 16.1 Å². The largest absolute Gasteiger partial charge is 0.459 e. The molecule has 0 unspecified atom stereocenters. The van der Waals surface area contributed by atoms with Gasteiger partial charge in [0.05, 0.1) is 7.11 Å². The van der Waals surface area contributed by atoms with Crippen LogP contribution in [0.15, 0.2) is 5.38 Å². The Morgan fingerprint density at radius 2 is 2.54 bits per heavy atom. The lowest BCUT2D eigenvalue weighted by Crippen LogP contribution is -1.94. The van der Waals surface area contributed by atoms with Crippen LogP contribution in [0, 0.1) is 11.8 Å². The summed E-state index contributed by atoms with van der Waals surface area (Å²) in [6.07, 6.45) is 0.633. The number of aromatic nitrogens is 1. The zero-order chi connectivity index (χ0) is 9.68. The van der Waals surface area contributed by atoms with E-state index in [1.807, 2.05) is 0 Å². The van der Waals surface area contributed by atoms with Gasteiger partial charge in [-0.3, -0.25) is 4.79 Å². The number of carbonyl (C=O) groups is 2. The van der Waals surface area contributed by atoms with Crippen molar-refractivity contribution >= 4 is 23.6 Å². The first-order valence-corrected chi connectivity index (χ1v) is 4.15. The second-order valence-corrected chi connectivity index (χ2v) is 2.82. The van der Waals surface area contributed by atoms with Gasteiger partial charge in [-0.05, 0) is 5.92 Å². The second-order valence-electron chi connectivity index (χ2n) is 1.93. The Balaban J connectivity index is 2.77. The molecule has 5 heteroatoms. The summed E-state index contributed by atoms with van der Waals surface area (Å²) < 4.78 is 4.30. The average molecular weight is 195 g/mol. The molecule has 0 spiro atoms. The third-order valence-corrected chi connectivity index (χ3v) is 1.87. The van der Waals surface area contributed by atoms with Gasteiger partial charge in [-0.2, -0.15) is 0 Å². The molecule has 4 nitrogen and oxygen atoms in total. The average Bonchev–Trinajstić information content (AvgIpc) is 2.61. The van der Waals surface area contributed by atoms with Crippen molar-refractivity contribution in [2.45, 2.75) is 0 Å². The minimum Gasteiger partial charge on any atom is -0.459 e. The quantitative estimate of drug-likeness (QED) is 0.371. The van der Waals surface area contributed by atoms with Crippen LogP contribution in [-0.2, 0) is 9.53 Å². The Morgan fingerprint density at radius 3 is 3.08 bits per heavy atom.